The summed E-state index contributed by atoms with van der Waals surface area (Å²) in [4.78, 5) is 13.5. The lowest BCUT2D eigenvalue weighted by Gasteiger charge is -1.99. The fraction of sp³-hybridized carbons (Fsp3) is 0. The normalized spacial score (nSPS) is 9.25. The summed E-state index contributed by atoms with van der Waals surface area (Å²) in [5.74, 6) is 0. The number of nitrogens with zero attached hydrogens (tertiary/aromatic N) is 1. The molecule has 0 aliphatic heterocycles. The molecule has 0 amide bonds. The highest BCUT2D eigenvalue weighted by Crippen LogP contribution is 2.34. The molecule has 1 rings (SSSR count). The largest absolute Gasteiger partial charge is 0.240 e. The average molecular weight is 356 g/mol. The van der Waals surface area contributed by atoms with Gasteiger partial charge in [-0.25, -0.2) is 4.79 Å². The average Bonchev–Trinajstić information content (AvgIpc) is 2.01. The fourth-order valence-electron chi connectivity index (χ4n) is 0.647. The first-order chi connectivity index (χ1) is 5.65. The number of halogens is 3. The van der Waals surface area contributed by atoms with Gasteiger partial charge in [-0.15, -0.1) is 0 Å². The van der Waals surface area contributed by atoms with Crippen LogP contribution in [0.2, 0.25) is 0 Å². The van der Waals surface area contributed by atoms with Gasteiger partial charge in [0.05, 0.1) is 5.69 Å². The zero-order valence-corrected chi connectivity index (χ0v) is 10.4. The summed E-state index contributed by atoms with van der Waals surface area (Å²) < 4.78 is 2.50. The summed E-state index contributed by atoms with van der Waals surface area (Å²) in [5, 5.41) is 0. The maximum Gasteiger partial charge on any atom is 0.240 e. The van der Waals surface area contributed by atoms with Crippen LogP contribution in [0.5, 0.6) is 0 Å². The molecular formula is C7H2Br3NO. The van der Waals surface area contributed by atoms with E-state index >= 15 is 0 Å². The number of isocyanates is 1. The lowest BCUT2D eigenvalue weighted by molar-refractivity contribution is 0.565. The highest BCUT2D eigenvalue weighted by atomic mass is 79.9. The van der Waals surface area contributed by atoms with Crippen LogP contribution >= 0.6 is 47.8 Å². The van der Waals surface area contributed by atoms with Crippen molar-refractivity contribution in [1.82, 2.24) is 0 Å². The smallest absolute Gasteiger partial charge is 0.211 e. The van der Waals surface area contributed by atoms with Gasteiger partial charge in [0.25, 0.3) is 0 Å². The summed E-state index contributed by atoms with van der Waals surface area (Å²) in [6.45, 7) is 0. The SMILES string of the molecule is O=C=Nc1cc(Br)c(Br)cc1Br. The Hall–Kier alpha value is 0.0400. The zero-order valence-electron chi connectivity index (χ0n) is 5.64. The highest BCUT2D eigenvalue weighted by Gasteiger charge is 2.03. The molecular weight excluding hydrogens is 354 g/mol. The van der Waals surface area contributed by atoms with E-state index in [1.165, 1.54) is 6.08 Å². The van der Waals surface area contributed by atoms with Crippen molar-refractivity contribution in [1.29, 1.82) is 0 Å². The van der Waals surface area contributed by atoms with E-state index in [1.807, 2.05) is 0 Å². The molecule has 62 valence electrons. The molecule has 0 unspecified atom stereocenters. The molecule has 5 heteroatoms. The van der Waals surface area contributed by atoms with Gasteiger partial charge < -0.3 is 0 Å². The van der Waals surface area contributed by atoms with Gasteiger partial charge in [-0.1, -0.05) is 0 Å². The minimum atomic E-state index is 0.556. The first-order valence-electron chi connectivity index (χ1n) is 2.87. The standard InChI is InChI=1S/C7H2Br3NO/c8-4-1-6(10)7(11-3-12)2-5(4)9/h1-2H. The molecule has 0 atom stereocenters. The number of carbonyl (C=O) groups excluding carboxylic acids is 1. The predicted molar refractivity (Wildman–Crippen MR) is 57.3 cm³/mol. The van der Waals surface area contributed by atoms with Crippen LogP contribution in [0.4, 0.5) is 5.69 Å². The predicted octanol–water partition coefficient (Wildman–Crippen LogP) is 3.94. The fourth-order valence-corrected chi connectivity index (χ4v) is 2.06. The van der Waals surface area contributed by atoms with Gasteiger partial charge in [0, 0.05) is 13.4 Å². The van der Waals surface area contributed by atoms with E-state index in [0.717, 1.165) is 13.4 Å². The molecule has 0 aliphatic rings. The quantitative estimate of drug-likeness (QED) is 0.426. The summed E-state index contributed by atoms with van der Waals surface area (Å²) in [6.07, 6.45) is 1.48. The van der Waals surface area contributed by atoms with Crippen LogP contribution in [-0.4, -0.2) is 6.08 Å². The Balaban J connectivity index is 3.32. The van der Waals surface area contributed by atoms with Crippen LogP contribution in [0.1, 0.15) is 0 Å². The lowest BCUT2D eigenvalue weighted by Crippen LogP contribution is -1.72. The van der Waals surface area contributed by atoms with Gasteiger partial charge in [-0.05, 0) is 59.9 Å². The van der Waals surface area contributed by atoms with Crippen molar-refractivity contribution in [3.8, 4) is 0 Å². The second-order valence-corrected chi connectivity index (χ2v) is 4.48. The molecule has 0 N–H and O–H groups in total. The molecule has 0 aliphatic carbocycles. The van der Waals surface area contributed by atoms with Gasteiger partial charge in [-0.3, -0.25) is 0 Å². The molecule has 0 aromatic heterocycles. The van der Waals surface area contributed by atoms with Gasteiger partial charge in [0.1, 0.15) is 0 Å². The molecule has 0 heterocycles. The lowest BCUT2D eigenvalue weighted by atomic mass is 10.3. The van der Waals surface area contributed by atoms with E-state index in [1.54, 1.807) is 12.1 Å². The molecule has 0 radical (unpaired) electrons. The maximum atomic E-state index is 9.98. The topological polar surface area (TPSA) is 29.4 Å². The Kier molecular flexibility index (Phi) is 3.65. The van der Waals surface area contributed by atoms with Crippen LogP contribution in [0.3, 0.4) is 0 Å². The molecule has 1 aromatic carbocycles. The van der Waals surface area contributed by atoms with Crippen molar-refractivity contribution < 1.29 is 4.79 Å². The third-order valence-electron chi connectivity index (χ3n) is 1.16. The zero-order chi connectivity index (χ0) is 9.14. The van der Waals surface area contributed by atoms with Crippen molar-refractivity contribution >= 4 is 59.6 Å². The van der Waals surface area contributed by atoms with Crippen molar-refractivity contribution in [2.75, 3.05) is 0 Å². The number of aliphatic imine (C=N–C) groups is 1. The van der Waals surface area contributed by atoms with E-state index in [9.17, 15) is 4.79 Å². The number of hydrogen-bond donors (Lipinski definition) is 0. The minimum absolute atomic E-state index is 0.556. The minimum Gasteiger partial charge on any atom is -0.211 e. The van der Waals surface area contributed by atoms with E-state index in [-0.39, 0.29) is 0 Å². The van der Waals surface area contributed by atoms with Crippen LogP contribution in [0.25, 0.3) is 0 Å². The Bertz CT molecular complexity index is 358. The number of hydrogen-bond acceptors (Lipinski definition) is 2. The number of rotatable bonds is 1. The molecule has 0 saturated carbocycles. The molecule has 0 fully saturated rings. The number of benzene rings is 1. The first kappa shape index (κ1) is 10.1. The Morgan fingerprint density at radius 3 is 2.25 bits per heavy atom. The summed E-state index contributed by atoms with van der Waals surface area (Å²) in [5.41, 5.74) is 0.556. The van der Waals surface area contributed by atoms with E-state index < -0.39 is 0 Å². The monoisotopic (exact) mass is 353 g/mol. The summed E-state index contributed by atoms with van der Waals surface area (Å²) >= 11 is 9.87. The Morgan fingerprint density at radius 2 is 1.67 bits per heavy atom. The third kappa shape index (κ3) is 2.26. The van der Waals surface area contributed by atoms with Crippen molar-refractivity contribution in [2.45, 2.75) is 0 Å². The van der Waals surface area contributed by atoms with Crippen molar-refractivity contribution in [3.63, 3.8) is 0 Å². The van der Waals surface area contributed by atoms with Crippen LogP contribution < -0.4 is 0 Å². The van der Waals surface area contributed by atoms with Gasteiger partial charge in [0.15, 0.2) is 0 Å². The second kappa shape index (κ2) is 4.33. The summed E-state index contributed by atoms with van der Waals surface area (Å²) in [7, 11) is 0. The molecule has 1 aromatic rings. The third-order valence-corrected chi connectivity index (χ3v) is 3.64. The van der Waals surface area contributed by atoms with Gasteiger partial charge in [0.2, 0.25) is 6.08 Å². The van der Waals surface area contributed by atoms with Crippen molar-refractivity contribution in [2.24, 2.45) is 4.99 Å². The van der Waals surface area contributed by atoms with E-state index in [2.05, 4.69) is 52.8 Å². The Morgan fingerprint density at radius 1 is 1.08 bits per heavy atom. The van der Waals surface area contributed by atoms with Crippen LogP contribution in [-0.2, 0) is 4.79 Å². The second-order valence-electron chi connectivity index (χ2n) is 1.92. The molecule has 0 saturated heterocycles. The Labute approximate surface area is 94.5 Å². The van der Waals surface area contributed by atoms with Crippen LogP contribution in [0, 0.1) is 0 Å². The molecule has 12 heavy (non-hydrogen) atoms. The van der Waals surface area contributed by atoms with E-state index in [0.29, 0.717) is 5.69 Å². The van der Waals surface area contributed by atoms with Gasteiger partial charge >= 0.3 is 0 Å². The first-order valence-corrected chi connectivity index (χ1v) is 5.25. The molecule has 2 nitrogen and oxygen atoms in total. The highest BCUT2D eigenvalue weighted by molar-refractivity contribution is 9.13. The maximum absolute atomic E-state index is 9.98. The van der Waals surface area contributed by atoms with Gasteiger partial charge in [-0.2, -0.15) is 4.99 Å². The summed E-state index contributed by atoms with van der Waals surface area (Å²) in [6, 6.07) is 3.53. The van der Waals surface area contributed by atoms with Crippen molar-refractivity contribution in [3.05, 3.63) is 25.6 Å². The van der Waals surface area contributed by atoms with E-state index in [4.69, 9.17) is 0 Å². The molecule has 0 spiro atoms. The molecule has 0 bridgehead atoms. The van der Waals surface area contributed by atoms with Crippen LogP contribution in [0.15, 0.2) is 30.5 Å².